The Morgan fingerprint density at radius 1 is 1.29 bits per heavy atom. The Labute approximate surface area is 128 Å². The molecule has 5 heteroatoms. The van der Waals surface area contributed by atoms with E-state index < -0.39 is 11.9 Å². The third-order valence-electron chi connectivity index (χ3n) is 3.15. The van der Waals surface area contributed by atoms with Gasteiger partial charge in [-0.3, -0.25) is 10.1 Å². The molecular formula is C16H17ClN2O2. The first kappa shape index (κ1) is 15.4. The molecule has 0 saturated heterocycles. The lowest BCUT2D eigenvalue weighted by Gasteiger charge is -2.17. The summed E-state index contributed by atoms with van der Waals surface area (Å²) < 4.78 is 5.10. The normalized spacial score (nSPS) is 11.9. The lowest BCUT2D eigenvalue weighted by molar-refractivity contribution is -0.120. The van der Waals surface area contributed by atoms with E-state index in [-0.39, 0.29) is 0 Å². The molecule has 1 atom stereocenters. The van der Waals surface area contributed by atoms with Crippen LogP contribution in [0.1, 0.15) is 17.2 Å². The van der Waals surface area contributed by atoms with Gasteiger partial charge >= 0.3 is 0 Å². The molecule has 1 amide bonds. The number of carbonyl (C=O) groups is 1. The number of methoxy groups -OCH3 is 1. The molecular weight excluding hydrogens is 288 g/mol. The Morgan fingerprint density at radius 3 is 2.57 bits per heavy atom. The fraction of sp³-hybridized carbons (Fsp3) is 0.188. The number of nitrogens with two attached hydrogens (primary N) is 1. The minimum Gasteiger partial charge on any atom is -0.495 e. The van der Waals surface area contributed by atoms with Crippen molar-refractivity contribution in [2.45, 2.75) is 12.6 Å². The van der Waals surface area contributed by atoms with E-state index in [9.17, 15) is 4.79 Å². The number of hydrogen-bond acceptors (Lipinski definition) is 3. The number of amides is 1. The molecule has 0 heterocycles. The molecule has 0 radical (unpaired) electrons. The lowest BCUT2D eigenvalue weighted by atomic mass is 10.1. The maximum Gasteiger partial charge on any atom is 0.239 e. The van der Waals surface area contributed by atoms with Crippen LogP contribution in [0.15, 0.2) is 48.5 Å². The highest BCUT2D eigenvalue weighted by molar-refractivity contribution is 6.32. The molecule has 0 aliphatic carbocycles. The summed E-state index contributed by atoms with van der Waals surface area (Å²) in [5.41, 5.74) is 7.26. The Hall–Kier alpha value is -2.04. The number of benzene rings is 2. The molecule has 1 unspecified atom stereocenters. The van der Waals surface area contributed by atoms with Crippen LogP contribution >= 0.6 is 11.6 Å². The minimum absolute atomic E-state index is 0.447. The highest BCUT2D eigenvalue weighted by Crippen LogP contribution is 2.27. The zero-order valence-electron chi connectivity index (χ0n) is 11.7. The van der Waals surface area contributed by atoms with Crippen LogP contribution in [0.25, 0.3) is 0 Å². The third-order valence-corrected chi connectivity index (χ3v) is 3.44. The Bertz CT molecular complexity index is 617. The Balaban J connectivity index is 2.15. The summed E-state index contributed by atoms with van der Waals surface area (Å²) in [6.07, 6.45) is 0. The Morgan fingerprint density at radius 2 is 2.00 bits per heavy atom. The van der Waals surface area contributed by atoms with Gasteiger partial charge in [-0.2, -0.15) is 0 Å². The van der Waals surface area contributed by atoms with E-state index >= 15 is 0 Å². The summed E-state index contributed by atoms with van der Waals surface area (Å²) in [6, 6.07) is 14.4. The number of rotatable bonds is 6. The first-order valence-electron chi connectivity index (χ1n) is 6.52. The van der Waals surface area contributed by atoms with Crippen molar-refractivity contribution in [3.8, 4) is 5.75 Å². The summed E-state index contributed by atoms with van der Waals surface area (Å²) in [4.78, 5) is 11.7. The van der Waals surface area contributed by atoms with Crippen molar-refractivity contribution >= 4 is 17.5 Å². The van der Waals surface area contributed by atoms with Gasteiger partial charge in [0.1, 0.15) is 11.8 Å². The second-order valence-electron chi connectivity index (χ2n) is 4.60. The summed E-state index contributed by atoms with van der Waals surface area (Å²) >= 11 is 6.09. The van der Waals surface area contributed by atoms with Crippen molar-refractivity contribution in [1.29, 1.82) is 0 Å². The molecule has 0 aliphatic rings. The zero-order valence-corrected chi connectivity index (χ0v) is 12.4. The van der Waals surface area contributed by atoms with E-state index in [1.54, 1.807) is 25.3 Å². The molecule has 0 aliphatic heterocycles. The summed E-state index contributed by atoms with van der Waals surface area (Å²) in [7, 11) is 1.54. The van der Waals surface area contributed by atoms with Gasteiger partial charge in [0.25, 0.3) is 0 Å². The number of nitrogens with one attached hydrogen (secondary N) is 1. The molecule has 0 bridgehead atoms. The van der Waals surface area contributed by atoms with E-state index in [0.717, 1.165) is 5.56 Å². The quantitative estimate of drug-likeness (QED) is 0.862. The van der Waals surface area contributed by atoms with Gasteiger partial charge in [-0.15, -0.1) is 0 Å². The number of ether oxygens (including phenoxy) is 1. The molecule has 3 N–H and O–H groups in total. The Kier molecular flexibility index (Phi) is 5.20. The zero-order chi connectivity index (χ0) is 15.2. The molecule has 0 aromatic heterocycles. The molecule has 2 aromatic carbocycles. The van der Waals surface area contributed by atoms with Crippen molar-refractivity contribution in [1.82, 2.24) is 5.32 Å². The van der Waals surface area contributed by atoms with Crippen molar-refractivity contribution in [3.05, 3.63) is 64.7 Å². The highest BCUT2D eigenvalue weighted by atomic mass is 35.5. The molecule has 2 aromatic rings. The predicted octanol–water partition coefficient (Wildman–Crippen LogP) is 2.66. The average molecular weight is 305 g/mol. The van der Waals surface area contributed by atoms with Gasteiger partial charge in [0.15, 0.2) is 0 Å². The van der Waals surface area contributed by atoms with Crippen LogP contribution in [0.4, 0.5) is 0 Å². The van der Waals surface area contributed by atoms with E-state index in [1.807, 2.05) is 30.3 Å². The first-order valence-corrected chi connectivity index (χ1v) is 6.89. The first-order chi connectivity index (χ1) is 10.1. The van der Waals surface area contributed by atoms with Crippen molar-refractivity contribution in [2.24, 2.45) is 5.73 Å². The van der Waals surface area contributed by atoms with Gasteiger partial charge in [0.2, 0.25) is 5.91 Å². The smallest absolute Gasteiger partial charge is 0.239 e. The second kappa shape index (κ2) is 7.11. The molecule has 110 valence electrons. The highest BCUT2D eigenvalue weighted by Gasteiger charge is 2.18. The SMILES string of the molecule is COc1ccc(C(NCc2ccccc2)C(N)=O)cc1Cl. The second-order valence-corrected chi connectivity index (χ2v) is 5.00. The number of hydrogen-bond donors (Lipinski definition) is 2. The lowest BCUT2D eigenvalue weighted by Crippen LogP contribution is -2.33. The van der Waals surface area contributed by atoms with Gasteiger partial charge in [0, 0.05) is 6.54 Å². The van der Waals surface area contributed by atoms with Crippen LogP contribution in [-0.4, -0.2) is 13.0 Å². The van der Waals surface area contributed by atoms with Crippen LogP contribution in [0.5, 0.6) is 5.75 Å². The van der Waals surface area contributed by atoms with E-state index in [2.05, 4.69) is 5.32 Å². The van der Waals surface area contributed by atoms with Crippen molar-refractivity contribution in [2.75, 3.05) is 7.11 Å². The van der Waals surface area contributed by atoms with Gasteiger partial charge in [-0.05, 0) is 23.3 Å². The molecule has 4 nitrogen and oxygen atoms in total. The van der Waals surface area contributed by atoms with E-state index in [4.69, 9.17) is 22.1 Å². The molecule has 2 rings (SSSR count). The maximum absolute atomic E-state index is 11.7. The van der Waals surface area contributed by atoms with E-state index in [0.29, 0.717) is 22.9 Å². The number of primary amides is 1. The summed E-state index contributed by atoms with van der Waals surface area (Å²) in [6.45, 7) is 0.540. The minimum atomic E-state index is -0.603. The molecule has 0 saturated carbocycles. The number of halogens is 1. The van der Waals surface area contributed by atoms with Crippen LogP contribution in [0.3, 0.4) is 0 Å². The molecule has 0 fully saturated rings. The fourth-order valence-electron chi connectivity index (χ4n) is 2.06. The molecule has 0 spiro atoms. The van der Waals surface area contributed by atoms with Crippen molar-refractivity contribution < 1.29 is 9.53 Å². The predicted molar refractivity (Wildman–Crippen MR) is 83.2 cm³/mol. The van der Waals surface area contributed by atoms with Gasteiger partial charge in [-0.25, -0.2) is 0 Å². The van der Waals surface area contributed by atoms with Gasteiger partial charge < -0.3 is 10.5 Å². The molecule has 21 heavy (non-hydrogen) atoms. The third kappa shape index (κ3) is 3.97. The van der Waals surface area contributed by atoms with Crippen LogP contribution in [-0.2, 0) is 11.3 Å². The topological polar surface area (TPSA) is 64.3 Å². The monoisotopic (exact) mass is 304 g/mol. The van der Waals surface area contributed by atoms with E-state index in [1.165, 1.54) is 0 Å². The van der Waals surface area contributed by atoms with Crippen LogP contribution in [0.2, 0.25) is 5.02 Å². The summed E-state index contributed by atoms with van der Waals surface area (Å²) in [5, 5.41) is 3.59. The standard InChI is InChI=1S/C16H17ClN2O2/c1-21-14-8-7-12(9-13(14)17)15(16(18)20)19-10-11-5-3-2-4-6-11/h2-9,15,19H,10H2,1H3,(H2,18,20). The van der Waals surface area contributed by atoms with Gasteiger partial charge in [0.05, 0.1) is 12.1 Å². The van der Waals surface area contributed by atoms with Crippen LogP contribution in [0, 0.1) is 0 Å². The largest absolute Gasteiger partial charge is 0.495 e. The van der Waals surface area contributed by atoms with Crippen molar-refractivity contribution in [3.63, 3.8) is 0 Å². The van der Waals surface area contributed by atoms with Crippen LogP contribution < -0.4 is 15.8 Å². The summed E-state index contributed by atoms with van der Waals surface area (Å²) in [5.74, 6) is 0.110. The average Bonchev–Trinajstić information content (AvgIpc) is 2.48. The maximum atomic E-state index is 11.7. The fourth-order valence-corrected chi connectivity index (χ4v) is 2.33. The number of carbonyl (C=O) groups excluding carboxylic acids is 1. The van der Waals surface area contributed by atoms with Gasteiger partial charge in [-0.1, -0.05) is 48.0 Å².